The van der Waals surface area contributed by atoms with Crippen LogP contribution in [0.25, 0.3) is 5.69 Å². The van der Waals surface area contributed by atoms with Gasteiger partial charge < -0.3 is 29.6 Å². The second-order valence-electron chi connectivity index (χ2n) is 8.94. The fraction of sp³-hybridized carbons (Fsp3) is 0.179. The maximum atomic E-state index is 12.3. The molecule has 0 unspecified atom stereocenters. The number of nitro groups is 1. The van der Waals surface area contributed by atoms with Crippen LogP contribution < -0.4 is 20.3 Å². The minimum Gasteiger partial charge on any atom is -0.495 e. The third-order valence-corrected chi connectivity index (χ3v) is 6.83. The largest absolute Gasteiger partial charge is 0.495 e. The summed E-state index contributed by atoms with van der Waals surface area (Å²) >= 11 is 5.85. The summed E-state index contributed by atoms with van der Waals surface area (Å²) in [5, 5.41) is 18.2. The van der Waals surface area contributed by atoms with Crippen LogP contribution in [0, 0.1) is 10.1 Å². The Kier molecular flexibility index (Phi) is 7.71. The van der Waals surface area contributed by atoms with E-state index < -0.39 is 11.0 Å². The molecule has 0 spiro atoms. The molecule has 1 fully saturated rings. The van der Waals surface area contributed by atoms with Gasteiger partial charge in [-0.3, -0.25) is 19.9 Å². The van der Waals surface area contributed by atoms with Gasteiger partial charge in [0, 0.05) is 43.0 Å². The number of thiocarbonyl (C=S) groups is 1. The van der Waals surface area contributed by atoms with E-state index >= 15 is 0 Å². The van der Waals surface area contributed by atoms with Gasteiger partial charge in [-0.05, 0) is 60.7 Å². The van der Waals surface area contributed by atoms with Gasteiger partial charge in [-0.25, -0.2) is 0 Å². The molecule has 1 saturated heterocycles. The highest BCUT2D eigenvalue weighted by molar-refractivity contribution is 7.80. The Morgan fingerprint density at radius 3 is 2.67 bits per heavy atom. The number of rotatable bonds is 9. The summed E-state index contributed by atoms with van der Waals surface area (Å²) < 4.78 is 12.3. The van der Waals surface area contributed by atoms with Crippen LogP contribution in [0.3, 0.4) is 0 Å². The SMILES string of the molecule is COCC(=O)Nc1cc(N2C(=S)N[C@H](c3ccccn3)[C@@H]2c2cccn2-c2cccc([N+](=O)[O-])c2)ccc1OC. The van der Waals surface area contributed by atoms with E-state index in [1.54, 1.807) is 24.4 Å². The van der Waals surface area contributed by atoms with Gasteiger partial charge in [0.25, 0.3) is 5.69 Å². The predicted molar refractivity (Wildman–Crippen MR) is 154 cm³/mol. The minimum absolute atomic E-state index is 0.0121. The normalized spacial score (nSPS) is 16.4. The average Bonchev–Trinajstić information content (AvgIpc) is 3.58. The molecular weight excluding hydrogens is 532 g/mol. The zero-order valence-corrected chi connectivity index (χ0v) is 22.5. The summed E-state index contributed by atoms with van der Waals surface area (Å²) in [6.45, 7) is -0.113. The van der Waals surface area contributed by atoms with Gasteiger partial charge in [-0.1, -0.05) is 12.1 Å². The lowest BCUT2D eigenvalue weighted by Crippen LogP contribution is -2.30. The molecule has 40 heavy (non-hydrogen) atoms. The molecule has 1 aliphatic rings. The van der Waals surface area contributed by atoms with Crippen LogP contribution in [0.1, 0.15) is 23.5 Å². The molecule has 1 aliphatic heterocycles. The number of nitrogens with one attached hydrogen (secondary N) is 2. The van der Waals surface area contributed by atoms with Crippen molar-refractivity contribution in [1.29, 1.82) is 0 Å². The third kappa shape index (κ3) is 5.22. The number of methoxy groups -OCH3 is 2. The molecule has 11 nitrogen and oxygen atoms in total. The van der Waals surface area contributed by atoms with Crippen molar-refractivity contribution in [2.24, 2.45) is 0 Å². The first-order valence-corrected chi connectivity index (χ1v) is 12.7. The number of carbonyl (C=O) groups excluding carboxylic acids is 1. The van der Waals surface area contributed by atoms with E-state index in [1.807, 2.05) is 58.1 Å². The van der Waals surface area contributed by atoms with Crippen molar-refractivity contribution in [3.05, 3.63) is 107 Å². The number of non-ortho nitro benzene ring substituents is 1. The lowest BCUT2D eigenvalue weighted by Gasteiger charge is -2.29. The molecular formula is C28H26N6O5S. The molecule has 3 heterocycles. The molecule has 4 aromatic rings. The van der Waals surface area contributed by atoms with Crippen LogP contribution in [-0.2, 0) is 9.53 Å². The molecule has 0 bridgehead atoms. The van der Waals surface area contributed by atoms with Gasteiger partial charge in [0.1, 0.15) is 18.4 Å². The Morgan fingerprint density at radius 2 is 1.95 bits per heavy atom. The standard InChI is InChI=1S/C28H26N6O5S/c1-38-17-25(35)30-22-16-19(11-12-24(22)39-2)33-27(26(31-28(33)40)21-9-3-4-13-29-21)23-10-6-14-32(23)18-7-5-8-20(15-18)34(36)37/h3-16,26-27H,17H2,1-2H3,(H,30,35)(H,31,40)/t26-,27+/m1/s1. The number of anilines is 2. The number of aromatic nitrogens is 2. The van der Waals surface area contributed by atoms with Crippen LogP contribution in [0.4, 0.5) is 17.1 Å². The maximum absolute atomic E-state index is 12.3. The van der Waals surface area contributed by atoms with Gasteiger partial charge in [0.05, 0.1) is 35.1 Å². The summed E-state index contributed by atoms with van der Waals surface area (Å²) in [6.07, 6.45) is 3.57. The van der Waals surface area contributed by atoms with E-state index in [2.05, 4.69) is 15.6 Å². The molecule has 0 radical (unpaired) electrons. The highest BCUT2D eigenvalue weighted by atomic mass is 32.1. The van der Waals surface area contributed by atoms with E-state index in [0.29, 0.717) is 27.9 Å². The Balaban J connectivity index is 1.64. The fourth-order valence-electron chi connectivity index (χ4n) is 4.82. The maximum Gasteiger partial charge on any atom is 0.271 e. The van der Waals surface area contributed by atoms with Crippen LogP contribution >= 0.6 is 12.2 Å². The summed E-state index contributed by atoms with van der Waals surface area (Å²) in [4.78, 5) is 29.9. The predicted octanol–water partition coefficient (Wildman–Crippen LogP) is 4.55. The van der Waals surface area contributed by atoms with Crippen LogP contribution in [0.5, 0.6) is 5.75 Å². The Bertz CT molecular complexity index is 1560. The number of amides is 1. The van der Waals surface area contributed by atoms with E-state index in [0.717, 1.165) is 11.4 Å². The zero-order chi connectivity index (χ0) is 28.2. The summed E-state index contributed by atoms with van der Waals surface area (Å²) in [7, 11) is 2.97. The number of pyridine rings is 1. The Hall–Kier alpha value is -4.81. The van der Waals surface area contributed by atoms with Gasteiger partial charge in [0.2, 0.25) is 5.91 Å². The minimum atomic E-state index is -0.418. The van der Waals surface area contributed by atoms with E-state index in [1.165, 1.54) is 26.4 Å². The Morgan fingerprint density at radius 1 is 1.10 bits per heavy atom. The topological polar surface area (TPSA) is 124 Å². The quantitative estimate of drug-likeness (QED) is 0.173. The summed E-state index contributed by atoms with van der Waals surface area (Å²) in [6, 6.07) is 20.6. The lowest BCUT2D eigenvalue weighted by molar-refractivity contribution is -0.384. The molecule has 12 heteroatoms. The van der Waals surface area contributed by atoms with Gasteiger partial charge in [-0.2, -0.15) is 0 Å². The van der Waals surface area contributed by atoms with Crippen molar-refractivity contribution in [2.45, 2.75) is 12.1 Å². The summed E-state index contributed by atoms with van der Waals surface area (Å²) in [5.74, 6) is 0.145. The number of hydrogen-bond acceptors (Lipinski definition) is 7. The van der Waals surface area contributed by atoms with Crippen LogP contribution in [0.15, 0.2) is 85.2 Å². The number of hydrogen-bond donors (Lipinski definition) is 2. The Labute approximate surface area is 235 Å². The van der Waals surface area contributed by atoms with Crippen molar-refractivity contribution in [3.8, 4) is 11.4 Å². The van der Waals surface area contributed by atoms with Crippen molar-refractivity contribution in [2.75, 3.05) is 31.0 Å². The molecule has 2 aromatic heterocycles. The first kappa shape index (κ1) is 26.8. The monoisotopic (exact) mass is 558 g/mol. The number of ether oxygens (including phenoxy) is 2. The van der Waals surface area contributed by atoms with Gasteiger partial charge in [-0.15, -0.1) is 0 Å². The first-order chi connectivity index (χ1) is 19.4. The summed E-state index contributed by atoms with van der Waals surface area (Å²) in [5.41, 5.74) is 3.37. The van der Waals surface area contributed by atoms with Crippen molar-refractivity contribution in [3.63, 3.8) is 0 Å². The van der Waals surface area contributed by atoms with Crippen LogP contribution in [0.2, 0.25) is 0 Å². The number of benzene rings is 2. The lowest BCUT2D eigenvalue weighted by atomic mass is 10.0. The molecule has 204 valence electrons. The number of nitrogens with zero attached hydrogens (tertiary/aromatic N) is 4. The van der Waals surface area contributed by atoms with Crippen molar-refractivity contribution < 1.29 is 19.2 Å². The molecule has 2 atom stereocenters. The van der Waals surface area contributed by atoms with Crippen molar-refractivity contribution >= 4 is 40.3 Å². The van der Waals surface area contributed by atoms with Crippen LogP contribution in [-0.4, -0.2) is 46.3 Å². The molecule has 0 aliphatic carbocycles. The molecule has 0 saturated carbocycles. The fourth-order valence-corrected chi connectivity index (χ4v) is 5.17. The number of nitro benzene ring substituents is 1. The molecule has 2 N–H and O–H groups in total. The van der Waals surface area contributed by atoms with Gasteiger partial charge in [0.15, 0.2) is 5.11 Å². The second-order valence-corrected chi connectivity index (χ2v) is 9.33. The molecule has 1 amide bonds. The zero-order valence-electron chi connectivity index (χ0n) is 21.7. The van der Waals surface area contributed by atoms with E-state index in [4.69, 9.17) is 21.7 Å². The average molecular weight is 559 g/mol. The molecule has 5 rings (SSSR count). The van der Waals surface area contributed by atoms with Crippen molar-refractivity contribution in [1.82, 2.24) is 14.9 Å². The highest BCUT2D eigenvalue weighted by Gasteiger charge is 2.42. The van der Waals surface area contributed by atoms with E-state index in [9.17, 15) is 14.9 Å². The van der Waals surface area contributed by atoms with E-state index in [-0.39, 0.29) is 24.2 Å². The highest BCUT2D eigenvalue weighted by Crippen LogP contribution is 2.44. The second kappa shape index (κ2) is 11.5. The molecule has 2 aromatic carbocycles. The number of carbonyl (C=O) groups is 1. The third-order valence-electron chi connectivity index (χ3n) is 6.51. The van der Waals surface area contributed by atoms with Gasteiger partial charge >= 0.3 is 0 Å². The first-order valence-electron chi connectivity index (χ1n) is 12.3. The smallest absolute Gasteiger partial charge is 0.271 e.